The lowest BCUT2D eigenvalue weighted by Crippen LogP contribution is -2.29. The van der Waals surface area contributed by atoms with Gasteiger partial charge in [0.05, 0.1) is 29.9 Å². The smallest absolute Gasteiger partial charge is 0.338 e. The van der Waals surface area contributed by atoms with Crippen LogP contribution in [0.2, 0.25) is 0 Å². The highest BCUT2D eigenvalue weighted by atomic mass is 16.5. The molecule has 3 aromatic rings. The molecule has 208 valence electrons. The van der Waals surface area contributed by atoms with E-state index in [1.54, 1.807) is 50.2 Å². The van der Waals surface area contributed by atoms with E-state index in [2.05, 4.69) is 13.8 Å². The number of anilines is 1. The van der Waals surface area contributed by atoms with E-state index in [4.69, 9.17) is 9.47 Å². The van der Waals surface area contributed by atoms with Gasteiger partial charge in [0.1, 0.15) is 11.5 Å². The number of carbonyl (C=O) groups is 3. The van der Waals surface area contributed by atoms with E-state index in [1.165, 1.54) is 11.0 Å². The SMILES string of the molecule is Cc1cccc(C2/C(=C(\O)c3ccc(OCC(C)C)c(C)c3)C(=O)C(=O)N2c2cccc(C(=O)OC(C)C)c2)c1. The van der Waals surface area contributed by atoms with Crippen molar-refractivity contribution in [1.29, 1.82) is 0 Å². The van der Waals surface area contributed by atoms with Crippen molar-refractivity contribution in [3.05, 3.63) is 100 Å². The van der Waals surface area contributed by atoms with Crippen LogP contribution in [0.15, 0.2) is 72.3 Å². The minimum Gasteiger partial charge on any atom is -0.507 e. The molecule has 0 spiro atoms. The summed E-state index contributed by atoms with van der Waals surface area (Å²) in [5.41, 5.74) is 3.36. The molecule has 0 bridgehead atoms. The van der Waals surface area contributed by atoms with Crippen molar-refractivity contribution in [2.24, 2.45) is 5.92 Å². The van der Waals surface area contributed by atoms with Gasteiger partial charge in [-0.3, -0.25) is 14.5 Å². The summed E-state index contributed by atoms with van der Waals surface area (Å²) in [7, 11) is 0. The lowest BCUT2D eigenvalue weighted by atomic mass is 9.93. The van der Waals surface area contributed by atoms with E-state index in [0.717, 1.165) is 11.1 Å². The Balaban J connectivity index is 1.84. The Morgan fingerprint density at radius 2 is 1.65 bits per heavy atom. The lowest BCUT2D eigenvalue weighted by Gasteiger charge is -2.26. The van der Waals surface area contributed by atoms with E-state index >= 15 is 0 Å². The van der Waals surface area contributed by atoms with Gasteiger partial charge in [-0.2, -0.15) is 0 Å². The van der Waals surface area contributed by atoms with Crippen LogP contribution in [0.4, 0.5) is 5.69 Å². The van der Waals surface area contributed by atoms with Crippen LogP contribution >= 0.6 is 0 Å². The van der Waals surface area contributed by atoms with E-state index in [0.29, 0.717) is 35.1 Å². The number of nitrogens with zero attached hydrogens (tertiary/aromatic N) is 1. The van der Waals surface area contributed by atoms with E-state index < -0.39 is 23.7 Å². The molecule has 1 aliphatic rings. The largest absolute Gasteiger partial charge is 0.507 e. The minimum absolute atomic E-state index is 0.0268. The first-order valence-electron chi connectivity index (χ1n) is 13.4. The molecule has 0 aromatic heterocycles. The molecule has 1 unspecified atom stereocenters. The predicted molar refractivity (Wildman–Crippen MR) is 154 cm³/mol. The molecular formula is C33H35NO6. The van der Waals surface area contributed by atoms with Gasteiger partial charge >= 0.3 is 5.97 Å². The Labute approximate surface area is 235 Å². The fourth-order valence-corrected chi connectivity index (χ4v) is 4.69. The van der Waals surface area contributed by atoms with Gasteiger partial charge < -0.3 is 14.6 Å². The highest BCUT2D eigenvalue weighted by Gasteiger charge is 2.47. The second-order valence-electron chi connectivity index (χ2n) is 10.8. The average molecular weight is 542 g/mol. The number of benzene rings is 3. The number of ether oxygens (including phenoxy) is 2. The summed E-state index contributed by atoms with van der Waals surface area (Å²) in [5.74, 6) is -1.38. The summed E-state index contributed by atoms with van der Waals surface area (Å²) in [6.45, 7) is 12.0. The molecule has 1 amide bonds. The van der Waals surface area contributed by atoms with Gasteiger partial charge in [0.2, 0.25) is 0 Å². The molecule has 4 rings (SSSR count). The molecule has 7 heteroatoms. The third-order valence-electron chi connectivity index (χ3n) is 6.53. The average Bonchev–Trinajstić information content (AvgIpc) is 3.17. The maximum absolute atomic E-state index is 13.5. The third kappa shape index (κ3) is 5.93. The third-order valence-corrected chi connectivity index (χ3v) is 6.53. The molecule has 1 saturated heterocycles. The molecule has 1 atom stereocenters. The molecule has 0 saturated carbocycles. The highest BCUT2D eigenvalue weighted by molar-refractivity contribution is 6.51. The van der Waals surface area contributed by atoms with Gasteiger partial charge in [-0.1, -0.05) is 49.7 Å². The summed E-state index contributed by atoms with van der Waals surface area (Å²) in [5, 5.41) is 11.5. The van der Waals surface area contributed by atoms with Crippen molar-refractivity contribution in [3.8, 4) is 5.75 Å². The van der Waals surface area contributed by atoms with Gasteiger partial charge in [0, 0.05) is 11.3 Å². The number of aliphatic hydroxyl groups excluding tert-OH is 1. The minimum atomic E-state index is -0.909. The number of Topliss-reactive ketones (excluding diaryl/α,β-unsaturated/α-hetero) is 1. The molecule has 40 heavy (non-hydrogen) atoms. The first kappa shape index (κ1) is 28.6. The maximum Gasteiger partial charge on any atom is 0.338 e. The van der Waals surface area contributed by atoms with E-state index in [-0.39, 0.29) is 23.0 Å². The highest BCUT2D eigenvalue weighted by Crippen LogP contribution is 2.43. The molecular weight excluding hydrogens is 506 g/mol. The van der Waals surface area contributed by atoms with Crippen LogP contribution in [0.3, 0.4) is 0 Å². The van der Waals surface area contributed by atoms with Gasteiger partial charge in [-0.05, 0) is 81.1 Å². The molecule has 0 radical (unpaired) electrons. The van der Waals surface area contributed by atoms with Gasteiger partial charge in [0.25, 0.3) is 11.7 Å². The number of rotatable bonds is 8. The Morgan fingerprint density at radius 1 is 0.925 bits per heavy atom. The second-order valence-corrected chi connectivity index (χ2v) is 10.8. The van der Waals surface area contributed by atoms with Crippen LogP contribution in [-0.4, -0.2) is 35.5 Å². The van der Waals surface area contributed by atoms with Crippen LogP contribution in [-0.2, 0) is 14.3 Å². The Kier molecular flexibility index (Phi) is 8.43. The van der Waals surface area contributed by atoms with Crippen LogP contribution < -0.4 is 9.64 Å². The molecule has 1 aliphatic heterocycles. The van der Waals surface area contributed by atoms with Crippen molar-refractivity contribution in [2.75, 3.05) is 11.5 Å². The standard InChI is InChI=1S/C33H35NO6/c1-19(2)18-39-27-14-13-24(16-22(27)6)30(35)28-29(23-10-7-9-21(5)15-23)34(32(37)31(28)36)26-12-8-11-25(17-26)33(38)40-20(3)4/h7-17,19-20,29,35H,18H2,1-6H3/b30-28+. The van der Waals surface area contributed by atoms with Gasteiger partial charge in [0.15, 0.2) is 0 Å². The number of ketones is 1. The molecule has 7 nitrogen and oxygen atoms in total. The number of carbonyl (C=O) groups excluding carboxylic acids is 3. The zero-order chi connectivity index (χ0) is 29.1. The summed E-state index contributed by atoms with van der Waals surface area (Å²) in [4.78, 5) is 41.0. The van der Waals surface area contributed by atoms with Gasteiger partial charge in [-0.25, -0.2) is 4.79 Å². The summed E-state index contributed by atoms with van der Waals surface area (Å²) >= 11 is 0. The van der Waals surface area contributed by atoms with Crippen molar-refractivity contribution in [1.82, 2.24) is 0 Å². The molecule has 1 heterocycles. The lowest BCUT2D eigenvalue weighted by molar-refractivity contribution is -0.132. The van der Waals surface area contributed by atoms with Crippen molar-refractivity contribution >= 4 is 29.1 Å². The summed E-state index contributed by atoms with van der Waals surface area (Å²) < 4.78 is 11.2. The number of hydrogen-bond donors (Lipinski definition) is 1. The van der Waals surface area contributed by atoms with Crippen molar-refractivity contribution in [3.63, 3.8) is 0 Å². The Hall–Kier alpha value is -4.39. The fraction of sp³-hybridized carbons (Fsp3) is 0.303. The summed E-state index contributed by atoms with van der Waals surface area (Å²) in [6.07, 6.45) is -0.316. The normalized spacial score (nSPS) is 16.6. The topological polar surface area (TPSA) is 93.1 Å². The van der Waals surface area contributed by atoms with Gasteiger partial charge in [-0.15, -0.1) is 0 Å². The fourth-order valence-electron chi connectivity index (χ4n) is 4.69. The molecule has 1 fully saturated rings. The number of hydrogen-bond acceptors (Lipinski definition) is 6. The zero-order valence-electron chi connectivity index (χ0n) is 23.7. The zero-order valence-corrected chi connectivity index (χ0v) is 23.7. The quantitative estimate of drug-likeness (QED) is 0.151. The number of esters is 1. The van der Waals surface area contributed by atoms with Crippen LogP contribution in [0, 0.1) is 19.8 Å². The number of aliphatic hydroxyl groups is 1. The van der Waals surface area contributed by atoms with Crippen molar-refractivity contribution in [2.45, 2.75) is 53.7 Å². The maximum atomic E-state index is 13.5. The van der Waals surface area contributed by atoms with E-state index in [9.17, 15) is 19.5 Å². The second kappa shape index (κ2) is 11.8. The predicted octanol–water partition coefficient (Wildman–Crippen LogP) is 6.53. The Bertz CT molecular complexity index is 1490. The van der Waals surface area contributed by atoms with Crippen LogP contribution in [0.25, 0.3) is 5.76 Å². The first-order chi connectivity index (χ1) is 19.0. The van der Waals surface area contributed by atoms with Crippen molar-refractivity contribution < 1.29 is 29.0 Å². The summed E-state index contributed by atoms with van der Waals surface area (Å²) in [6, 6.07) is 18.1. The number of amides is 1. The van der Waals surface area contributed by atoms with E-state index in [1.807, 2.05) is 38.1 Å². The van der Waals surface area contributed by atoms with Crippen LogP contribution in [0.1, 0.15) is 66.3 Å². The monoisotopic (exact) mass is 541 g/mol. The first-order valence-corrected chi connectivity index (χ1v) is 13.4. The van der Waals surface area contributed by atoms with Crippen LogP contribution in [0.5, 0.6) is 5.75 Å². The molecule has 0 aliphatic carbocycles. The Morgan fingerprint density at radius 3 is 2.30 bits per heavy atom. The number of aryl methyl sites for hydroxylation is 2. The molecule has 1 N–H and O–H groups in total. The molecule has 3 aromatic carbocycles.